The van der Waals surface area contributed by atoms with Crippen LogP contribution >= 0.6 is 11.3 Å². The second-order valence-corrected chi connectivity index (χ2v) is 7.15. The summed E-state index contributed by atoms with van der Waals surface area (Å²) in [5.74, 6) is -0.600. The topological polar surface area (TPSA) is 124 Å². The molecule has 0 saturated carbocycles. The van der Waals surface area contributed by atoms with Gasteiger partial charge in [-0.1, -0.05) is 5.16 Å². The quantitative estimate of drug-likeness (QED) is 0.642. The van der Waals surface area contributed by atoms with Gasteiger partial charge in [-0.05, 0) is 40.2 Å². The number of rotatable bonds is 5. The molecule has 0 amide bonds. The van der Waals surface area contributed by atoms with Crippen LogP contribution in [-0.2, 0) is 9.47 Å². The van der Waals surface area contributed by atoms with Crippen LogP contribution in [0.5, 0.6) is 0 Å². The number of thiophene rings is 1. The van der Waals surface area contributed by atoms with Crippen molar-refractivity contribution in [3.8, 4) is 0 Å². The Morgan fingerprint density at radius 1 is 1.25 bits per heavy atom. The van der Waals surface area contributed by atoms with E-state index in [-0.39, 0.29) is 18.0 Å². The van der Waals surface area contributed by atoms with E-state index in [4.69, 9.17) is 14.0 Å². The molecular formula is C18H19N3O6S. The number of aryl methyl sites for hydroxylation is 3. The third-order valence-electron chi connectivity index (χ3n) is 4.19. The van der Waals surface area contributed by atoms with E-state index in [1.54, 1.807) is 34.6 Å². The Morgan fingerprint density at radius 3 is 2.57 bits per heavy atom. The summed E-state index contributed by atoms with van der Waals surface area (Å²) in [6.45, 7) is 8.44. The summed E-state index contributed by atoms with van der Waals surface area (Å²) in [6.07, 6.45) is -0.827. The Labute approximate surface area is 163 Å². The average Bonchev–Trinajstić information content (AvgIpc) is 3.14. The van der Waals surface area contributed by atoms with E-state index < -0.39 is 23.6 Å². The fraction of sp³-hybridized carbons (Fsp3) is 0.389. The third-order valence-corrected chi connectivity index (χ3v) is 5.35. The highest BCUT2D eigenvalue weighted by molar-refractivity contribution is 7.20. The number of carbonyl (C=O) groups excluding carboxylic acids is 2. The minimum atomic E-state index is -0.827. The maximum atomic E-state index is 12.5. The summed E-state index contributed by atoms with van der Waals surface area (Å²) in [7, 11) is 0. The molecule has 3 aromatic rings. The van der Waals surface area contributed by atoms with E-state index in [1.165, 1.54) is 0 Å². The predicted octanol–water partition coefficient (Wildman–Crippen LogP) is 2.99. The number of fused-ring (bicyclic) bond motifs is 1. The van der Waals surface area contributed by atoms with E-state index in [1.807, 2.05) is 0 Å². The number of aromatic nitrogens is 3. The van der Waals surface area contributed by atoms with Crippen LogP contribution in [0, 0.1) is 20.8 Å². The van der Waals surface area contributed by atoms with Gasteiger partial charge in [-0.15, -0.1) is 11.3 Å². The van der Waals surface area contributed by atoms with Crippen LogP contribution in [0.1, 0.15) is 62.8 Å². The number of H-pyrrole nitrogens is 1. The number of hydrogen-bond acceptors (Lipinski definition) is 9. The third kappa shape index (κ3) is 3.42. The lowest BCUT2D eigenvalue weighted by Gasteiger charge is -2.12. The van der Waals surface area contributed by atoms with E-state index in [0.29, 0.717) is 32.1 Å². The molecule has 1 atom stereocenters. The van der Waals surface area contributed by atoms with Gasteiger partial charge in [-0.2, -0.15) is 0 Å². The molecule has 0 bridgehead atoms. The van der Waals surface area contributed by atoms with Gasteiger partial charge in [0.2, 0.25) is 0 Å². The van der Waals surface area contributed by atoms with Crippen LogP contribution in [-0.4, -0.2) is 33.7 Å². The molecule has 0 spiro atoms. The maximum absolute atomic E-state index is 12.5. The van der Waals surface area contributed by atoms with Crippen molar-refractivity contribution < 1.29 is 23.6 Å². The first kappa shape index (κ1) is 19.7. The van der Waals surface area contributed by atoms with Gasteiger partial charge < -0.3 is 19.0 Å². The lowest BCUT2D eigenvalue weighted by molar-refractivity contribution is 0.0317. The number of aromatic amines is 1. The van der Waals surface area contributed by atoms with Gasteiger partial charge in [0, 0.05) is 0 Å². The number of carbonyl (C=O) groups is 2. The molecular weight excluding hydrogens is 386 g/mol. The average molecular weight is 405 g/mol. The summed E-state index contributed by atoms with van der Waals surface area (Å²) in [6, 6.07) is 0. The zero-order valence-electron chi connectivity index (χ0n) is 16.0. The SMILES string of the molecule is CCOC(=O)c1sc2nc([C@@H](C)OC(=O)c3c(C)noc3C)[nH]c(=O)c2c1C. The highest BCUT2D eigenvalue weighted by Crippen LogP contribution is 2.29. The Balaban J connectivity index is 1.94. The zero-order chi connectivity index (χ0) is 20.6. The Kier molecular flexibility index (Phi) is 5.32. The van der Waals surface area contributed by atoms with Crippen molar-refractivity contribution in [3.63, 3.8) is 0 Å². The van der Waals surface area contributed by atoms with Gasteiger partial charge in [0.05, 0.1) is 17.7 Å². The summed E-state index contributed by atoms with van der Waals surface area (Å²) in [4.78, 5) is 44.7. The van der Waals surface area contributed by atoms with Crippen molar-refractivity contribution >= 4 is 33.5 Å². The molecule has 148 valence electrons. The minimum Gasteiger partial charge on any atom is -0.462 e. The Morgan fingerprint density at radius 2 is 1.96 bits per heavy atom. The highest BCUT2D eigenvalue weighted by Gasteiger charge is 2.25. The number of hydrogen-bond donors (Lipinski definition) is 1. The molecule has 3 heterocycles. The minimum absolute atomic E-state index is 0.175. The van der Waals surface area contributed by atoms with Gasteiger partial charge >= 0.3 is 11.9 Å². The fourth-order valence-corrected chi connectivity index (χ4v) is 3.88. The van der Waals surface area contributed by atoms with Gasteiger partial charge in [-0.3, -0.25) is 4.79 Å². The van der Waals surface area contributed by atoms with Crippen molar-refractivity contribution in [1.29, 1.82) is 0 Å². The normalized spacial score (nSPS) is 12.2. The smallest absolute Gasteiger partial charge is 0.348 e. The molecule has 0 aliphatic heterocycles. The molecule has 28 heavy (non-hydrogen) atoms. The van der Waals surface area contributed by atoms with Crippen molar-refractivity contribution in [1.82, 2.24) is 15.1 Å². The number of ether oxygens (including phenoxy) is 2. The maximum Gasteiger partial charge on any atom is 0.348 e. The Hall–Kier alpha value is -3.01. The van der Waals surface area contributed by atoms with Crippen LogP contribution in [0.15, 0.2) is 9.32 Å². The first-order valence-electron chi connectivity index (χ1n) is 8.58. The monoisotopic (exact) mass is 405 g/mol. The molecule has 0 unspecified atom stereocenters. The molecule has 0 aliphatic carbocycles. The van der Waals surface area contributed by atoms with Crippen molar-refractivity contribution in [2.45, 2.75) is 40.7 Å². The molecule has 0 saturated heterocycles. The van der Waals surface area contributed by atoms with Crippen molar-refractivity contribution in [2.24, 2.45) is 0 Å². The van der Waals surface area contributed by atoms with Crippen LogP contribution in [0.4, 0.5) is 0 Å². The van der Waals surface area contributed by atoms with E-state index >= 15 is 0 Å². The van der Waals surface area contributed by atoms with Crippen LogP contribution in [0.2, 0.25) is 0 Å². The summed E-state index contributed by atoms with van der Waals surface area (Å²) >= 11 is 1.07. The molecule has 3 aromatic heterocycles. The molecule has 9 nitrogen and oxygen atoms in total. The zero-order valence-corrected chi connectivity index (χ0v) is 16.9. The number of nitrogens with one attached hydrogen (secondary N) is 1. The second-order valence-electron chi connectivity index (χ2n) is 6.15. The molecule has 0 radical (unpaired) electrons. The standard InChI is InChI=1S/C18H19N3O6S/c1-6-25-18(24)13-7(2)11-15(22)19-14(20-16(11)28-13)10(5)26-17(23)12-8(3)21-27-9(12)4/h10H,6H2,1-5H3,(H,19,20,22)/t10-/m1/s1. The predicted molar refractivity (Wildman–Crippen MR) is 101 cm³/mol. The first-order chi connectivity index (χ1) is 13.2. The van der Waals surface area contributed by atoms with Crippen molar-refractivity contribution in [2.75, 3.05) is 6.61 Å². The van der Waals surface area contributed by atoms with Gasteiger partial charge in [-0.25, -0.2) is 14.6 Å². The molecule has 0 aliphatic rings. The molecule has 3 rings (SSSR count). The van der Waals surface area contributed by atoms with Gasteiger partial charge in [0.1, 0.15) is 21.0 Å². The van der Waals surface area contributed by atoms with Crippen molar-refractivity contribution in [3.05, 3.63) is 43.6 Å². The molecule has 0 fully saturated rings. The van der Waals surface area contributed by atoms with Crippen LogP contribution in [0.3, 0.4) is 0 Å². The fourth-order valence-electron chi connectivity index (χ4n) is 2.79. The summed E-state index contributed by atoms with van der Waals surface area (Å²) in [5.41, 5.74) is 0.759. The lowest BCUT2D eigenvalue weighted by atomic mass is 10.2. The van der Waals surface area contributed by atoms with Gasteiger partial charge in [0.15, 0.2) is 11.9 Å². The second kappa shape index (κ2) is 7.55. The summed E-state index contributed by atoms with van der Waals surface area (Å²) < 4.78 is 15.4. The summed E-state index contributed by atoms with van der Waals surface area (Å²) in [5, 5.41) is 4.05. The first-order valence-corrected chi connectivity index (χ1v) is 9.40. The largest absolute Gasteiger partial charge is 0.462 e. The van der Waals surface area contributed by atoms with Crippen LogP contribution in [0.25, 0.3) is 10.2 Å². The highest BCUT2D eigenvalue weighted by atomic mass is 32.1. The number of esters is 2. The molecule has 1 N–H and O–H groups in total. The van der Waals surface area contributed by atoms with Crippen LogP contribution < -0.4 is 5.56 Å². The Bertz CT molecular complexity index is 1110. The number of nitrogens with zero attached hydrogens (tertiary/aromatic N) is 2. The van der Waals surface area contributed by atoms with E-state index in [9.17, 15) is 14.4 Å². The molecule has 10 heteroatoms. The van der Waals surface area contributed by atoms with E-state index in [0.717, 1.165) is 11.3 Å². The van der Waals surface area contributed by atoms with Gasteiger partial charge in [0.25, 0.3) is 5.56 Å². The van der Waals surface area contributed by atoms with E-state index in [2.05, 4.69) is 15.1 Å². The molecule has 0 aromatic carbocycles. The lowest BCUT2D eigenvalue weighted by Crippen LogP contribution is -2.17.